The average Bonchev–Trinajstić information content (AvgIpc) is 2.46. The average molecular weight is 300 g/mol. The number of esters is 1. The molecule has 0 aliphatic carbocycles. The zero-order valence-electron chi connectivity index (χ0n) is 12.1. The Labute approximate surface area is 122 Å². The summed E-state index contributed by atoms with van der Waals surface area (Å²) in [6.07, 6.45) is -2.58. The van der Waals surface area contributed by atoms with Crippen molar-refractivity contribution < 1.29 is 22.7 Å². The van der Waals surface area contributed by atoms with Gasteiger partial charge >= 0.3 is 12.1 Å². The molecule has 0 bridgehead atoms. The summed E-state index contributed by atoms with van der Waals surface area (Å²) < 4.78 is 43.4. The van der Waals surface area contributed by atoms with Crippen LogP contribution in [0.25, 0.3) is 0 Å². The third-order valence-electron chi connectivity index (χ3n) is 3.05. The Morgan fingerprint density at radius 3 is 2.29 bits per heavy atom. The number of ether oxygens (including phenoxy) is 1. The molecule has 0 aliphatic heterocycles. The molecule has 1 aromatic carbocycles. The maximum atomic E-state index is 12.7. The number of benzene rings is 1. The van der Waals surface area contributed by atoms with Crippen LogP contribution in [0.15, 0.2) is 42.5 Å². The van der Waals surface area contributed by atoms with Crippen LogP contribution in [-0.4, -0.2) is 12.1 Å². The third kappa shape index (κ3) is 5.61. The molecule has 0 fully saturated rings. The first-order valence-electron chi connectivity index (χ1n) is 6.87. The van der Waals surface area contributed by atoms with Crippen molar-refractivity contribution >= 4 is 5.97 Å². The minimum atomic E-state index is -4.29. The smallest absolute Gasteiger partial charge is 0.395 e. The van der Waals surface area contributed by atoms with Gasteiger partial charge in [0, 0.05) is 6.42 Å². The standard InChI is InChI=1S/C16H19F3O2/c1-3-13(16(17,18)19)10-11-14(21-15(20)4-2)12-8-6-5-7-9-12/h5-11,13-14H,3-4H2,1-2H3/t13-,14+/m1/s1. The predicted molar refractivity (Wildman–Crippen MR) is 74.5 cm³/mol. The Balaban J connectivity index is 2.94. The predicted octanol–water partition coefficient (Wildman–Crippen LogP) is 4.83. The zero-order chi connectivity index (χ0) is 15.9. The summed E-state index contributed by atoms with van der Waals surface area (Å²) >= 11 is 0. The summed E-state index contributed by atoms with van der Waals surface area (Å²) in [6, 6.07) is 8.71. The fraction of sp³-hybridized carbons (Fsp3) is 0.438. The van der Waals surface area contributed by atoms with Gasteiger partial charge in [0.2, 0.25) is 0 Å². The van der Waals surface area contributed by atoms with Gasteiger partial charge in [-0.1, -0.05) is 50.3 Å². The van der Waals surface area contributed by atoms with Gasteiger partial charge in [0.1, 0.15) is 6.10 Å². The Kier molecular flexibility index (Phi) is 6.46. The van der Waals surface area contributed by atoms with E-state index in [9.17, 15) is 18.0 Å². The number of rotatable bonds is 6. The Morgan fingerprint density at radius 1 is 1.19 bits per heavy atom. The number of carbonyl (C=O) groups is 1. The van der Waals surface area contributed by atoms with Crippen molar-refractivity contribution in [2.24, 2.45) is 5.92 Å². The molecule has 0 amide bonds. The highest BCUT2D eigenvalue weighted by molar-refractivity contribution is 5.69. The molecule has 116 valence electrons. The van der Waals surface area contributed by atoms with Gasteiger partial charge in [-0.2, -0.15) is 13.2 Å². The third-order valence-corrected chi connectivity index (χ3v) is 3.05. The van der Waals surface area contributed by atoms with Crippen molar-refractivity contribution in [3.63, 3.8) is 0 Å². The molecule has 5 heteroatoms. The van der Waals surface area contributed by atoms with Crippen molar-refractivity contribution in [2.45, 2.75) is 39.0 Å². The van der Waals surface area contributed by atoms with E-state index in [2.05, 4.69) is 0 Å². The Morgan fingerprint density at radius 2 is 1.81 bits per heavy atom. The highest BCUT2D eigenvalue weighted by Gasteiger charge is 2.36. The monoisotopic (exact) mass is 300 g/mol. The molecule has 0 N–H and O–H groups in total. The molecule has 21 heavy (non-hydrogen) atoms. The first-order chi connectivity index (χ1) is 9.88. The van der Waals surface area contributed by atoms with Gasteiger partial charge in [0.25, 0.3) is 0 Å². The molecule has 1 aromatic rings. The van der Waals surface area contributed by atoms with Gasteiger partial charge in [0.15, 0.2) is 0 Å². The van der Waals surface area contributed by atoms with Crippen molar-refractivity contribution in [3.05, 3.63) is 48.0 Å². The maximum absolute atomic E-state index is 12.7. The lowest BCUT2D eigenvalue weighted by molar-refractivity contribution is -0.161. The summed E-state index contributed by atoms with van der Waals surface area (Å²) in [5.41, 5.74) is 0.646. The Hall–Kier alpha value is -1.78. The van der Waals surface area contributed by atoms with Gasteiger partial charge in [-0.15, -0.1) is 0 Å². The number of hydrogen-bond donors (Lipinski definition) is 0. The van der Waals surface area contributed by atoms with E-state index >= 15 is 0 Å². The minimum absolute atomic E-state index is 0.0523. The van der Waals surface area contributed by atoms with Crippen molar-refractivity contribution in [1.29, 1.82) is 0 Å². The highest BCUT2D eigenvalue weighted by atomic mass is 19.4. The highest BCUT2D eigenvalue weighted by Crippen LogP contribution is 2.31. The van der Waals surface area contributed by atoms with E-state index in [1.165, 1.54) is 13.0 Å². The summed E-state index contributed by atoms with van der Waals surface area (Å²) in [4.78, 5) is 11.4. The summed E-state index contributed by atoms with van der Waals surface area (Å²) in [6.45, 7) is 3.11. The first kappa shape index (κ1) is 17.3. The zero-order valence-corrected chi connectivity index (χ0v) is 12.1. The van der Waals surface area contributed by atoms with E-state index in [1.54, 1.807) is 37.3 Å². The van der Waals surface area contributed by atoms with E-state index in [4.69, 9.17) is 4.74 Å². The van der Waals surface area contributed by atoms with Gasteiger partial charge < -0.3 is 4.74 Å². The molecular formula is C16H19F3O2. The van der Waals surface area contributed by atoms with E-state index < -0.39 is 24.2 Å². The van der Waals surface area contributed by atoms with Crippen LogP contribution in [-0.2, 0) is 9.53 Å². The number of allylic oxidation sites excluding steroid dienone is 1. The van der Waals surface area contributed by atoms with Crippen LogP contribution >= 0.6 is 0 Å². The lowest BCUT2D eigenvalue weighted by atomic mass is 10.0. The molecule has 0 saturated heterocycles. The normalized spacial score (nSPS) is 14.9. The van der Waals surface area contributed by atoms with E-state index in [0.717, 1.165) is 6.08 Å². The van der Waals surface area contributed by atoms with Crippen LogP contribution in [0.1, 0.15) is 38.4 Å². The number of alkyl halides is 3. The minimum Gasteiger partial charge on any atom is -0.453 e. The first-order valence-corrected chi connectivity index (χ1v) is 6.87. The van der Waals surface area contributed by atoms with E-state index in [1.807, 2.05) is 0 Å². The van der Waals surface area contributed by atoms with Crippen LogP contribution in [0.5, 0.6) is 0 Å². The van der Waals surface area contributed by atoms with Gasteiger partial charge in [-0.3, -0.25) is 4.79 Å². The molecule has 0 aromatic heterocycles. The van der Waals surface area contributed by atoms with Gasteiger partial charge in [-0.05, 0) is 18.1 Å². The molecule has 2 atom stereocenters. The lowest BCUT2D eigenvalue weighted by Crippen LogP contribution is -2.20. The molecule has 0 unspecified atom stereocenters. The van der Waals surface area contributed by atoms with Gasteiger partial charge in [0.05, 0.1) is 5.92 Å². The second-order valence-electron chi connectivity index (χ2n) is 4.62. The van der Waals surface area contributed by atoms with Crippen LogP contribution < -0.4 is 0 Å². The SMILES string of the molecule is CCC(=O)O[C@@H](C=C[C@@H](CC)C(F)(F)F)c1ccccc1. The molecule has 0 spiro atoms. The molecule has 1 rings (SSSR count). The van der Waals surface area contributed by atoms with Crippen LogP contribution in [0.2, 0.25) is 0 Å². The van der Waals surface area contributed by atoms with Crippen LogP contribution in [0.3, 0.4) is 0 Å². The Bertz CT molecular complexity index is 466. The summed E-state index contributed by atoms with van der Waals surface area (Å²) in [7, 11) is 0. The van der Waals surface area contributed by atoms with E-state index in [-0.39, 0.29) is 12.8 Å². The number of hydrogen-bond acceptors (Lipinski definition) is 2. The quantitative estimate of drug-likeness (QED) is 0.556. The largest absolute Gasteiger partial charge is 0.453 e. The second kappa shape index (κ2) is 7.86. The number of carbonyl (C=O) groups excluding carboxylic acids is 1. The molecular weight excluding hydrogens is 281 g/mol. The van der Waals surface area contributed by atoms with Crippen LogP contribution in [0.4, 0.5) is 13.2 Å². The van der Waals surface area contributed by atoms with E-state index in [0.29, 0.717) is 5.56 Å². The molecule has 2 nitrogen and oxygen atoms in total. The van der Waals surface area contributed by atoms with Crippen LogP contribution in [0, 0.1) is 5.92 Å². The molecule has 0 heterocycles. The maximum Gasteiger partial charge on any atom is 0.395 e. The second-order valence-corrected chi connectivity index (χ2v) is 4.62. The van der Waals surface area contributed by atoms with Crippen molar-refractivity contribution in [3.8, 4) is 0 Å². The van der Waals surface area contributed by atoms with Crippen molar-refractivity contribution in [1.82, 2.24) is 0 Å². The lowest BCUT2D eigenvalue weighted by Gasteiger charge is -2.17. The molecule has 0 radical (unpaired) electrons. The van der Waals surface area contributed by atoms with Gasteiger partial charge in [-0.25, -0.2) is 0 Å². The molecule has 0 aliphatic rings. The number of halogens is 3. The summed E-state index contributed by atoms with van der Waals surface area (Å²) in [5.74, 6) is -1.99. The summed E-state index contributed by atoms with van der Waals surface area (Å²) in [5, 5.41) is 0. The molecule has 0 saturated carbocycles. The topological polar surface area (TPSA) is 26.3 Å². The van der Waals surface area contributed by atoms with Crippen molar-refractivity contribution in [2.75, 3.05) is 0 Å². The fourth-order valence-electron chi connectivity index (χ4n) is 1.80. The fourth-order valence-corrected chi connectivity index (χ4v) is 1.80.